The molecule has 27 heavy (non-hydrogen) atoms. The van der Waals surface area contributed by atoms with Gasteiger partial charge in [0.25, 0.3) is 0 Å². The monoisotopic (exact) mass is 438 g/mol. The van der Waals surface area contributed by atoms with E-state index in [4.69, 9.17) is 0 Å². The van der Waals surface area contributed by atoms with E-state index in [1.807, 2.05) is 0 Å². The summed E-state index contributed by atoms with van der Waals surface area (Å²) in [6.07, 6.45) is -8.03. The zero-order valence-electron chi connectivity index (χ0n) is 12.2. The Kier molecular flexibility index (Phi) is 6.07. The fourth-order valence-electron chi connectivity index (χ4n) is 1.38. The lowest BCUT2D eigenvalue weighted by molar-refractivity contribution is -0.449. The van der Waals surface area contributed by atoms with Crippen molar-refractivity contribution >= 4 is 5.78 Å². The smallest absolute Gasteiger partial charge is 0.288 e. The maximum Gasteiger partial charge on any atom is 0.460 e. The number of ketones is 1. The molecule has 16 heteroatoms. The van der Waals surface area contributed by atoms with Gasteiger partial charge in [0.1, 0.15) is 0 Å². The van der Waals surface area contributed by atoms with E-state index in [1.54, 1.807) is 0 Å². The molecule has 0 bridgehead atoms. The first-order chi connectivity index (χ1) is 11.5. The largest absolute Gasteiger partial charge is 0.460 e. The first-order valence-corrected chi connectivity index (χ1v) is 5.99. The lowest BCUT2D eigenvalue weighted by Gasteiger charge is -2.41. The molecule has 0 aliphatic heterocycles. The summed E-state index contributed by atoms with van der Waals surface area (Å²) in [5.74, 6) is -51.0. The van der Waals surface area contributed by atoms with E-state index in [1.165, 1.54) is 0 Å². The number of hydrogen-bond acceptors (Lipinski definition) is 1. The van der Waals surface area contributed by atoms with Gasteiger partial charge >= 0.3 is 41.7 Å². The van der Waals surface area contributed by atoms with Crippen LogP contribution in [0.4, 0.5) is 65.9 Å². The Hall–Kier alpha value is -1.64. The minimum absolute atomic E-state index is 0.203. The molecule has 0 heterocycles. The number of carbonyl (C=O) groups is 1. The van der Waals surface area contributed by atoms with Crippen LogP contribution in [0.15, 0.2) is 12.2 Å². The van der Waals surface area contributed by atoms with Crippen molar-refractivity contribution in [2.75, 3.05) is 0 Å². The van der Waals surface area contributed by atoms with Crippen LogP contribution >= 0.6 is 0 Å². The second-order valence-electron chi connectivity index (χ2n) is 4.81. The van der Waals surface area contributed by atoms with Gasteiger partial charge in [0.15, 0.2) is 0 Å². The molecule has 0 spiro atoms. The Morgan fingerprint density at radius 2 is 0.852 bits per heavy atom. The predicted molar refractivity (Wildman–Crippen MR) is 55.6 cm³/mol. The standard InChI is InChI=1S/C11H5F15O/c1-2-3-4(27)5(12,13)6(14,15)7(16,17)8(18,19)9(20,21)10(22,23)11(24,25)26/h2-3H,1H3. The van der Waals surface area contributed by atoms with Gasteiger partial charge in [-0.3, -0.25) is 4.79 Å². The van der Waals surface area contributed by atoms with Crippen molar-refractivity contribution in [3.8, 4) is 0 Å². The van der Waals surface area contributed by atoms with Crippen molar-refractivity contribution < 1.29 is 70.7 Å². The molecule has 160 valence electrons. The highest BCUT2D eigenvalue weighted by Gasteiger charge is 2.93. The van der Waals surface area contributed by atoms with Crippen molar-refractivity contribution in [2.45, 2.75) is 48.6 Å². The van der Waals surface area contributed by atoms with Crippen LogP contribution in [0.1, 0.15) is 6.92 Å². The fraction of sp³-hybridized carbons (Fsp3) is 0.727. The molecule has 0 N–H and O–H groups in total. The van der Waals surface area contributed by atoms with Crippen LogP contribution in [0.2, 0.25) is 0 Å². The van der Waals surface area contributed by atoms with Crippen LogP contribution in [0.3, 0.4) is 0 Å². The third kappa shape index (κ3) is 3.23. The lowest BCUT2D eigenvalue weighted by Crippen LogP contribution is -2.73. The van der Waals surface area contributed by atoms with Gasteiger partial charge in [0, 0.05) is 0 Å². The van der Waals surface area contributed by atoms with Crippen molar-refractivity contribution in [2.24, 2.45) is 0 Å². The van der Waals surface area contributed by atoms with E-state index in [0.29, 0.717) is 6.92 Å². The quantitative estimate of drug-likeness (QED) is 0.379. The minimum Gasteiger partial charge on any atom is -0.288 e. The molecule has 0 unspecified atom stereocenters. The van der Waals surface area contributed by atoms with E-state index in [2.05, 4.69) is 0 Å². The SMILES string of the molecule is CC=CC(=O)C(F)(F)C(F)(F)C(F)(F)C(F)(F)C(F)(F)C(F)(F)C(F)(F)F. The molecule has 1 nitrogen and oxygen atoms in total. The maximum atomic E-state index is 13.2. The van der Waals surface area contributed by atoms with Crippen molar-refractivity contribution in [3.63, 3.8) is 0 Å². The number of carbonyl (C=O) groups excluding carboxylic acids is 1. The van der Waals surface area contributed by atoms with Gasteiger partial charge in [0.2, 0.25) is 5.78 Å². The number of hydrogen-bond donors (Lipinski definition) is 0. The average Bonchev–Trinajstić information content (AvgIpc) is 2.45. The van der Waals surface area contributed by atoms with E-state index in [-0.39, 0.29) is 6.08 Å². The lowest BCUT2D eigenvalue weighted by atomic mass is 9.89. The number of allylic oxidation sites excluding steroid dienone is 2. The molecule has 0 amide bonds. The normalized spacial score (nSPS) is 16.1. The highest BCUT2D eigenvalue weighted by Crippen LogP contribution is 2.62. The molecule has 0 rings (SSSR count). The molecule has 0 aliphatic rings. The van der Waals surface area contributed by atoms with Gasteiger partial charge in [-0.25, -0.2) is 0 Å². The summed E-state index contributed by atoms with van der Waals surface area (Å²) in [6, 6.07) is 0. The van der Waals surface area contributed by atoms with Crippen molar-refractivity contribution in [1.29, 1.82) is 0 Å². The molecule has 0 aromatic carbocycles. The third-order valence-electron chi connectivity index (χ3n) is 2.96. The molecule has 0 saturated carbocycles. The predicted octanol–water partition coefficient (Wildman–Crippen LogP) is 5.51. The van der Waals surface area contributed by atoms with Gasteiger partial charge in [-0.1, -0.05) is 6.08 Å². The van der Waals surface area contributed by atoms with Crippen LogP contribution in [0.5, 0.6) is 0 Å². The summed E-state index contributed by atoms with van der Waals surface area (Å²) < 4.78 is 191. The Balaban J connectivity index is 6.60. The van der Waals surface area contributed by atoms with Crippen LogP contribution < -0.4 is 0 Å². The third-order valence-corrected chi connectivity index (χ3v) is 2.96. The highest BCUT2D eigenvalue weighted by atomic mass is 19.4. The summed E-state index contributed by atoms with van der Waals surface area (Å²) in [6.45, 7) is 0.664. The molecule has 0 aromatic rings. The van der Waals surface area contributed by atoms with Gasteiger partial charge in [-0.05, 0) is 13.0 Å². The molecule has 0 atom stereocenters. The molecule has 0 aromatic heterocycles. The first kappa shape index (κ1) is 25.4. The summed E-state index contributed by atoms with van der Waals surface area (Å²) in [4.78, 5) is 10.7. The second kappa shape index (κ2) is 6.46. The van der Waals surface area contributed by atoms with E-state index < -0.39 is 53.6 Å². The molecular formula is C11H5F15O. The van der Waals surface area contributed by atoms with E-state index >= 15 is 0 Å². The molecule has 0 radical (unpaired) electrons. The second-order valence-corrected chi connectivity index (χ2v) is 4.81. The van der Waals surface area contributed by atoms with Gasteiger partial charge in [-0.2, -0.15) is 65.9 Å². The van der Waals surface area contributed by atoms with Gasteiger partial charge in [-0.15, -0.1) is 0 Å². The summed E-state index contributed by atoms with van der Waals surface area (Å²) >= 11 is 0. The van der Waals surface area contributed by atoms with E-state index in [9.17, 15) is 70.7 Å². The molecule has 0 saturated heterocycles. The maximum absolute atomic E-state index is 13.2. The fourth-order valence-corrected chi connectivity index (χ4v) is 1.38. The Morgan fingerprint density at radius 3 is 1.15 bits per heavy atom. The zero-order valence-corrected chi connectivity index (χ0v) is 12.2. The first-order valence-electron chi connectivity index (χ1n) is 5.99. The Labute approximate surface area is 138 Å². The van der Waals surface area contributed by atoms with Gasteiger partial charge < -0.3 is 0 Å². The Bertz CT molecular complexity index is 597. The number of rotatable bonds is 7. The summed E-state index contributed by atoms with van der Waals surface area (Å²) in [5.41, 5.74) is 0. The Morgan fingerprint density at radius 1 is 0.556 bits per heavy atom. The van der Waals surface area contributed by atoms with Crippen molar-refractivity contribution in [1.82, 2.24) is 0 Å². The van der Waals surface area contributed by atoms with Crippen LogP contribution in [-0.2, 0) is 4.79 Å². The van der Waals surface area contributed by atoms with Crippen LogP contribution in [0, 0.1) is 0 Å². The molecular weight excluding hydrogens is 433 g/mol. The van der Waals surface area contributed by atoms with Crippen molar-refractivity contribution in [3.05, 3.63) is 12.2 Å². The highest BCUT2D eigenvalue weighted by molar-refractivity contribution is 5.96. The number of alkyl halides is 15. The van der Waals surface area contributed by atoms with Gasteiger partial charge in [0.05, 0.1) is 0 Å². The van der Waals surface area contributed by atoms with Crippen LogP contribution in [-0.4, -0.2) is 47.5 Å². The summed E-state index contributed by atoms with van der Waals surface area (Å²) in [5, 5.41) is 0. The summed E-state index contributed by atoms with van der Waals surface area (Å²) in [7, 11) is 0. The average molecular weight is 438 g/mol. The minimum atomic E-state index is -8.39. The topological polar surface area (TPSA) is 17.1 Å². The molecule has 0 fully saturated rings. The number of halogens is 15. The molecule has 0 aliphatic carbocycles. The van der Waals surface area contributed by atoms with E-state index in [0.717, 1.165) is 0 Å². The zero-order chi connectivity index (χ0) is 22.5. The van der Waals surface area contributed by atoms with Crippen LogP contribution in [0.25, 0.3) is 0 Å².